The van der Waals surface area contributed by atoms with Crippen LogP contribution in [-0.2, 0) is 27.2 Å². The Morgan fingerprint density at radius 2 is 1.91 bits per heavy atom. The second-order valence-electron chi connectivity index (χ2n) is 8.27. The molecule has 0 fully saturated rings. The van der Waals surface area contributed by atoms with Gasteiger partial charge in [-0.1, -0.05) is 44.2 Å². The van der Waals surface area contributed by atoms with Crippen molar-refractivity contribution in [1.82, 2.24) is 9.55 Å². The molecule has 1 aromatic carbocycles. The van der Waals surface area contributed by atoms with Gasteiger partial charge >= 0.3 is 5.97 Å². The fourth-order valence-electron chi connectivity index (χ4n) is 3.63. The minimum atomic E-state index is -0.548. The summed E-state index contributed by atoms with van der Waals surface area (Å²) < 4.78 is 12.0. The predicted octanol–water partition coefficient (Wildman–Crippen LogP) is 4.11. The van der Waals surface area contributed by atoms with Crippen molar-refractivity contribution in [3.63, 3.8) is 0 Å². The van der Waals surface area contributed by atoms with Crippen LogP contribution < -0.4 is 10.6 Å². The Morgan fingerprint density at radius 1 is 1.15 bits per heavy atom. The van der Waals surface area contributed by atoms with E-state index in [4.69, 9.17) is 9.47 Å². The first-order chi connectivity index (χ1) is 15.9. The normalized spacial score (nSPS) is 11.1. The lowest BCUT2D eigenvalue weighted by Gasteiger charge is -2.10. The molecule has 2 heterocycles. The Hall–Kier alpha value is -3.39. The largest absolute Gasteiger partial charge is 0.464 e. The zero-order chi connectivity index (χ0) is 23.8. The number of benzene rings is 1. The number of rotatable bonds is 11. The molecule has 2 N–H and O–H groups in total. The fourth-order valence-corrected chi connectivity index (χ4v) is 3.63. The lowest BCUT2D eigenvalue weighted by atomic mass is 10.1. The molecule has 0 saturated heterocycles. The number of carbonyl (C=O) groups excluding carboxylic acids is 2. The van der Waals surface area contributed by atoms with Gasteiger partial charge in [-0.15, -0.1) is 0 Å². The van der Waals surface area contributed by atoms with Crippen molar-refractivity contribution >= 4 is 34.3 Å². The van der Waals surface area contributed by atoms with Crippen LogP contribution in [0.3, 0.4) is 0 Å². The number of methoxy groups -OCH3 is 2. The maximum absolute atomic E-state index is 12.9. The van der Waals surface area contributed by atoms with Crippen LogP contribution in [0.15, 0.2) is 42.6 Å². The van der Waals surface area contributed by atoms with E-state index in [0.717, 1.165) is 24.2 Å². The van der Waals surface area contributed by atoms with Gasteiger partial charge in [0, 0.05) is 25.6 Å². The number of esters is 1. The minimum Gasteiger partial charge on any atom is -0.464 e. The number of aromatic nitrogens is 2. The summed E-state index contributed by atoms with van der Waals surface area (Å²) in [5.74, 6) is -0.202. The molecular formula is C25H32N4O4. The van der Waals surface area contributed by atoms with Gasteiger partial charge in [0.05, 0.1) is 37.7 Å². The molecule has 0 atom stereocenters. The Morgan fingerprint density at radius 3 is 2.58 bits per heavy atom. The first kappa shape index (κ1) is 24.3. The van der Waals surface area contributed by atoms with Crippen LogP contribution >= 0.6 is 0 Å². The van der Waals surface area contributed by atoms with Crippen molar-refractivity contribution in [1.29, 1.82) is 0 Å². The molecule has 8 nitrogen and oxygen atoms in total. The zero-order valence-corrected chi connectivity index (χ0v) is 19.7. The zero-order valence-electron chi connectivity index (χ0n) is 19.7. The fraction of sp³-hybridized carbons (Fsp3) is 0.400. The lowest BCUT2D eigenvalue weighted by molar-refractivity contribution is -0.115. The van der Waals surface area contributed by atoms with E-state index in [2.05, 4.69) is 29.5 Å². The van der Waals surface area contributed by atoms with E-state index < -0.39 is 5.97 Å². The molecule has 0 unspecified atom stereocenters. The number of amides is 1. The standard InChI is InChI=1S/C25H32N4O4/c1-17(2)10-11-26-19-15-20-22(28-21(30)14-18-8-6-5-7-9-18)23(25(31)33-4)29(12-13-32-3)24(20)27-16-19/h5-9,15-17,26H,10-14H2,1-4H3,(H,28,30). The average molecular weight is 453 g/mol. The number of pyridine rings is 1. The molecule has 1 amide bonds. The highest BCUT2D eigenvalue weighted by Gasteiger charge is 2.26. The van der Waals surface area contributed by atoms with Crippen molar-refractivity contribution in [3.8, 4) is 0 Å². The molecule has 176 valence electrons. The molecule has 3 rings (SSSR count). The molecule has 0 spiro atoms. The third kappa shape index (κ3) is 6.10. The van der Waals surface area contributed by atoms with Crippen LogP contribution in [0.25, 0.3) is 11.0 Å². The van der Waals surface area contributed by atoms with Crippen LogP contribution in [0.2, 0.25) is 0 Å². The van der Waals surface area contributed by atoms with Crippen molar-refractivity contribution in [2.75, 3.05) is 38.0 Å². The molecular weight excluding hydrogens is 420 g/mol. The van der Waals surface area contributed by atoms with Gasteiger partial charge in [0.1, 0.15) is 5.65 Å². The van der Waals surface area contributed by atoms with Gasteiger partial charge in [0.2, 0.25) is 5.91 Å². The number of ether oxygens (including phenoxy) is 2. The lowest BCUT2D eigenvalue weighted by Crippen LogP contribution is -2.19. The molecule has 0 bridgehead atoms. The molecule has 8 heteroatoms. The Labute approximate surface area is 194 Å². The summed E-state index contributed by atoms with van der Waals surface area (Å²) in [6.07, 6.45) is 2.94. The summed E-state index contributed by atoms with van der Waals surface area (Å²) >= 11 is 0. The van der Waals surface area contributed by atoms with Crippen LogP contribution in [0.4, 0.5) is 11.4 Å². The van der Waals surface area contributed by atoms with E-state index >= 15 is 0 Å². The van der Waals surface area contributed by atoms with Crippen molar-refractivity contribution in [2.45, 2.75) is 33.2 Å². The number of hydrogen-bond acceptors (Lipinski definition) is 6. The molecule has 0 aliphatic heterocycles. The third-order valence-electron chi connectivity index (χ3n) is 5.32. The number of nitrogens with zero attached hydrogens (tertiary/aromatic N) is 2. The summed E-state index contributed by atoms with van der Waals surface area (Å²) in [6, 6.07) is 11.4. The highest BCUT2D eigenvalue weighted by molar-refractivity contribution is 6.11. The van der Waals surface area contributed by atoms with E-state index in [1.54, 1.807) is 17.9 Å². The first-order valence-corrected chi connectivity index (χ1v) is 11.1. The smallest absolute Gasteiger partial charge is 0.356 e. The predicted molar refractivity (Wildman–Crippen MR) is 130 cm³/mol. The monoisotopic (exact) mass is 452 g/mol. The summed E-state index contributed by atoms with van der Waals surface area (Å²) in [4.78, 5) is 30.3. The number of fused-ring (bicyclic) bond motifs is 1. The Kier molecular flexibility index (Phi) is 8.43. The van der Waals surface area contributed by atoms with Gasteiger partial charge in [0.15, 0.2) is 5.69 Å². The number of anilines is 2. The number of carbonyl (C=O) groups is 2. The average Bonchev–Trinajstić information content (AvgIpc) is 3.10. The van der Waals surface area contributed by atoms with Crippen LogP contribution in [0.5, 0.6) is 0 Å². The van der Waals surface area contributed by atoms with E-state index in [9.17, 15) is 9.59 Å². The van der Waals surface area contributed by atoms with Crippen LogP contribution in [0.1, 0.15) is 36.3 Å². The highest BCUT2D eigenvalue weighted by Crippen LogP contribution is 2.33. The van der Waals surface area contributed by atoms with Gasteiger partial charge in [0.25, 0.3) is 0 Å². The summed E-state index contributed by atoms with van der Waals surface area (Å²) in [5, 5.41) is 6.99. The van der Waals surface area contributed by atoms with Crippen molar-refractivity contribution in [3.05, 3.63) is 53.9 Å². The molecule has 2 aromatic heterocycles. The van der Waals surface area contributed by atoms with E-state index in [1.807, 2.05) is 36.4 Å². The van der Waals surface area contributed by atoms with E-state index in [0.29, 0.717) is 35.8 Å². The van der Waals surface area contributed by atoms with Gasteiger partial charge in [-0.2, -0.15) is 0 Å². The second-order valence-corrected chi connectivity index (χ2v) is 8.27. The van der Waals surface area contributed by atoms with Gasteiger partial charge in [-0.3, -0.25) is 4.79 Å². The summed E-state index contributed by atoms with van der Waals surface area (Å²) in [7, 11) is 2.92. The van der Waals surface area contributed by atoms with Crippen molar-refractivity contribution < 1.29 is 19.1 Å². The number of hydrogen-bond donors (Lipinski definition) is 2. The van der Waals surface area contributed by atoms with E-state index in [1.165, 1.54) is 7.11 Å². The second kappa shape index (κ2) is 11.5. The summed E-state index contributed by atoms with van der Waals surface area (Å²) in [5.41, 5.74) is 2.93. The Balaban J connectivity index is 2.03. The van der Waals surface area contributed by atoms with Gasteiger partial charge in [-0.05, 0) is 24.0 Å². The molecule has 0 radical (unpaired) electrons. The SMILES string of the molecule is COCCn1c(C(=O)OC)c(NC(=O)Cc2ccccc2)c2cc(NCCC(C)C)cnc21. The summed E-state index contributed by atoms with van der Waals surface area (Å²) in [6.45, 7) is 5.90. The maximum Gasteiger partial charge on any atom is 0.356 e. The topological polar surface area (TPSA) is 94.5 Å². The van der Waals surface area contributed by atoms with Gasteiger partial charge in [-0.25, -0.2) is 9.78 Å². The number of nitrogens with one attached hydrogen (secondary N) is 2. The molecule has 3 aromatic rings. The van der Waals surface area contributed by atoms with Gasteiger partial charge < -0.3 is 24.7 Å². The van der Waals surface area contributed by atoms with Crippen molar-refractivity contribution in [2.24, 2.45) is 5.92 Å². The maximum atomic E-state index is 12.9. The van der Waals surface area contributed by atoms with Crippen LogP contribution in [0, 0.1) is 5.92 Å². The third-order valence-corrected chi connectivity index (χ3v) is 5.32. The molecule has 0 aliphatic rings. The van der Waals surface area contributed by atoms with Crippen LogP contribution in [-0.4, -0.2) is 48.8 Å². The minimum absolute atomic E-state index is 0.186. The Bertz CT molecular complexity index is 1090. The first-order valence-electron chi connectivity index (χ1n) is 11.1. The molecule has 33 heavy (non-hydrogen) atoms. The molecule has 0 aliphatic carbocycles. The molecule has 0 saturated carbocycles. The van der Waals surface area contributed by atoms with E-state index in [-0.39, 0.29) is 18.0 Å². The highest BCUT2D eigenvalue weighted by atomic mass is 16.5. The quantitative estimate of drug-likeness (QED) is 0.425.